The van der Waals surface area contributed by atoms with Gasteiger partial charge in [0.1, 0.15) is 0 Å². The highest BCUT2D eigenvalue weighted by atomic mass is 127. The number of nitrogens with zero attached hydrogens (tertiary/aromatic N) is 1. The average molecular weight is 427 g/mol. The van der Waals surface area contributed by atoms with E-state index >= 15 is 0 Å². The molecule has 0 aliphatic heterocycles. The highest BCUT2D eigenvalue weighted by Gasteiger charge is 2.09. The van der Waals surface area contributed by atoms with Crippen molar-refractivity contribution in [2.24, 2.45) is 0 Å². The van der Waals surface area contributed by atoms with Gasteiger partial charge < -0.3 is 9.64 Å². The SMILES string of the molecule is CCOCc1cc(I)ccc1Sc1ccccc1CN(C)C. The first-order chi connectivity index (χ1) is 10.6. The van der Waals surface area contributed by atoms with E-state index in [0.717, 1.165) is 13.2 Å². The Bertz CT molecular complexity index is 616. The summed E-state index contributed by atoms with van der Waals surface area (Å²) in [6.07, 6.45) is 0. The molecule has 0 radical (unpaired) electrons. The summed E-state index contributed by atoms with van der Waals surface area (Å²) in [5.74, 6) is 0. The van der Waals surface area contributed by atoms with Gasteiger partial charge in [-0.05, 0) is 79.0 Å². The zero-order chi connectivity index (χ0) is 15.9. The van der Waals surface area contributed by atoms with Crippen LogP contribution in [-0.4, -0.2) is 25.6 Å². The summed E-state index contributed by atoms with van der Waals surface area (Å²) in [7, 11) is 4.21. The van der Waals surface area contributed by atoms with E-state index < -0.39 is 0 Å². The molecule has 2 rings (SSSR count). The van der Waals surface area contributed by atoms with Crippen LogP contribution in [0.25, 0.3) is 0 Å². The molecular weight excluding hydrogens is 405 g/mol. The second kappa shape index (κ2) is 8.91. The minimum absolute atomic E-state index is 0.672. The lowest BCUT2D eigenvalue weighted by Gasteiger charge is -2.15. The summed E-state index contributed by atoms with van der Waals surface area (Å²) in [5, 5.41) is 0. The molecule has 0 saturated heterocycles. The third-order valence-corrected chi connectivity index (χ3v) is 5.07. The summed E-state index contributed by atoms with van der Waals surface area (Å²) >= 11 is 4.19. The highest BCUT2D eigenvalue weighted by Crippen LogP contribution is 2.34. The van der Waals surface area contributed by atoms with Gasteiger partial charge in [0.05, 0.1) is 6.61 Å². The van der Waals surface area contributed by atoms with Gasteiger partial charge in [0, 0.05) is 26.5 Å². The van der Waals surface area contributed by atoms with Crippen LogP contribution in [0.3, 0.4) is 0 Å². The van der Waals surface area contributed by atoms with Crippen LogP contribution in [0, 0.1) is 3.57 Å². The third-order valence-electron chi connectivity index (χ3n) is 3.16. The fourth-order valence-corrected chi connectivity index (χ4v) is 3.75. The number of rotatable bonds is 7. The molecule has 0 spiro atoms. The van der Waals surface area contributed by atoms with E-state index in [1.165, 1.54) is 24.5 Å². The Labute approximate surface area is 151 Å². The van der Waals surface area contributed by atoms with Gasteiger partial charge in [0.15, 0.2) is 0 Å². The standard InChI is InChI=1S/C18H22INOS/c1-4-21-13-15-11-16(19)9-10-18(15)22-17-8-6-5-7-14(17)12-20(2)3/h5-11H,4,12-13H2,1-3H3. The smallest absolute Gasteiger partial charge is 0.0728 e. The predicted molar refractivity (Wildman–Crippen MR) is 102 cm³/mol. The second-order valence-electron chi connectivity index (χ2n) is 5.34. The number of hydrogen-bond acceptors (Lipinski definition) is 3. The zero-order valence-corrected chi connectivity index (χ0v) is 16.3. The molecule has 0 bridgehead atoms. The monoisotopic (exact) mass is 427 g/mol. The molecule has 0 aromatic heterocycles. The molecule has 22 heavy (non-hydrogen) atoms. The largest absolute Gasteiger partial charge is 0.377 e. The minimum Gasteiger partial charge on any atom is -0.377 e. The van der Waals surface area contributed by atoms with Crippen molar-refractivity contribution < 1.29 is 4.74 Å². The Morgan fingerprint density at radius 3 is 2.50 bits per heavy atom. The van der Waals surface area contributed by atoms with Gasteiger partial charge in [-0.3, -0.25) is 0 Å². The summed E-state index contributed by atoms with van der Waals surface area (Å²) in [5.41, 5.74) is 2.62. The van der Waals surface area contributed by atoms with Crippen molar-refractivity contribution in [2.45, 2.75) is 29.9 Å². The van der Waals surface area contributed by atoms with Gasteiger partial charge in [-0.1, -0.05) is 30.0 Å². The zero-order valence-electron chi connectivity index (χ0n) is 13.3. The van der Waals surface area contributed by atoms with E-state index in [1.807, 2.05) is 18.7 Å². The topological polar surface area (TPSA) is 12.5 Å². The number of halogens is 1. The van der Waals surface area contributed by atoms with Crippen molar-refractivity contribution >= 4 is 34.4 Å². The fourth-order valence-electron chi connectivity index (χ4n) is 2.17. The molecule has 0 aliphatic rings. The number of hydrogen-bond donors (Lipinski definition) is 0. The van der Waals surface area contributed by atoms with Gasteiger partial charge in [-0.25, -0.2) is 0 Å². The third kappa shape index (κ3) is 5.26. The van der Waals surface area contributed by atoms with Crippen molar-refractivity contribution in [3.8, 4) is 0 Å². The quantitative estimate of drug-likeness (QED) is 0.575. The van der Waals surface area contributed by atoms with E-state index in [0.29, 0.717) is 6.61 Å². The summed E-state index contributed by atoms with van der Waals surface area (Å²) < 4.78 is 6.87. The van der Waals surface area contributed by atoms with Crippen LogP contribution in [0.1, 0.15) is 18.1 Å². The summed E-state index contributed by atoms with van der Waals surface area (Å²) in [6.45, 7) is 4.40. The molecule has 0 heterocycles. The molecule has 0 unspecified atom stereocenters. The van der Waals surface area contributed by atoms with Crippen molar-refractivity contribution in [3.05, 3.63) is 57.2 Å². The summed E-state index contributed by atoms with van der Waals surface area (Å²) in [6, 6.07) is 15.2. The molecule has 0 amide bonds. The van der Waals surface area contributed by atoms with Gasteiger partial charge in [-0.2, -0.15) is 0 Å². The molecular formula is C18H22INOS. The van der Waals surface area contributed by atoms with Crippen molar-refractivity contribution in [2.75, 3.05) is 20.7 Å². The van der Waals surface area contributed by atoms with Gasteiger partial charge in [-0.15, -0.1) is 0 Å². The second-order valence-corrected chi connectivity index (χ2v) is 7.67. The Morgan fingerprint density at radius 2 is 1.77 bits per heavy atom. The molecule has 0 atom stereocenters. The Balaban J connectivity index is 2.27. The van der Waals surface area contributed by atoms with Gasteiger partial charge in [0.2, 0.25) is 0 Å². The van der Waals surface area contributed by atoms with Crippen molar-refractivity contribution in [1.29, 1.82) is 0 Å². The van der Waals surface area contributed by atoms with Gasteiger partial charge in [0.25, 0.3) is 0 Å². The van der Waals surface area contributed by atoms with E-state index in [-0.39, 0.29) is 0 Å². The molecule has 2 aromatic rings. The number of ether oxygens (including phenoxy) is 1. The predicted octanol–water partition coefficient (Wildman–Crippen LogP) is 5.04. The molecule has 0 N–H and O–H groups in total. The normalized spacial score (nSPS) is 11.1. The molecule has 118 valence electrons. The van der Waals surface area contributed by atoms with Gasteiger partial charge >= 0.3 is 0 Å². The van der Waals surface area contributed by atoms with Crippen molar-refractivity contribution in [3.63, 3.8) is 0 Å². The van der Waals surface area contributed by atoms with E-state index in [2.05, 4.69) is 84.1 Å². The minimum atomic E-state index is 0.672. The Morgan fingerprint density at radius 1 is 1.05 bits per heavy atom. The molecule has 2 aromatic carbocycles. The first kappa shape index (κ1) is 17.8. The first-order valence-electron chi connectivity index (χ1n) is 7.36. The molecule has 0 saturated carbocycles. The highest BCUT2D eigenvalue weighted by molar-refractivity contribution is 14.1. The molecule has 0 aliphatic carbocycles. The average Bonchev–Trinajstić information content (AvgIpc) is 2.48. The van der Waals surface area contributed by atoms with Crippen LogP contribution >= 0.6 is 34.4 Å². The van der Waals surface area contributed by atoms with Crippen LogP contribution in [0.5, 0.6) is 0 Å². The maximum atomic E-state index is 5.62. The Kier molecular flexibility index (Phi) is 7.21. The lowest BCUT2D eigenvalue weighted by molar-refractivity contribution is 0.132. The van der Waals surface area contributed by atoms with Crippen LogP contribution in [0.2, 0.25) is 0 Å². The number of benzene rings is 2. The van der Waals surface area contributed by atoms with E-state index in [4.69, 9.17) is 4.74 Å². The lowest BCUT2D eigenvalue weighted by atomic mass is 10.2. The van der Waals surface area contributed by atoms with Crippen molar-refractivity contribution in [1.82, 2.24) is 4.90 Å². The fraction of sp³-hybridized carbons (Fsp3) is 0.333. The molecule has 0 fully saturated rings. The Hall–Kier alpha value is -0.560. The van der Waals surface area contributed by atoms with Crippen LogP contribution in [0.4, 0.5) is 0 Å². The first-order valence-corrected chi connectivity index (χ1v) is 9.26. The van der Waals surface area contributed by atoms with Crippen LogP contribution in [-0.2, 0) is 17.9 Å². The lowest BCUT2D eigenvalue weighted by Crippen LogP contribution is -2.11. The summed E-state index contributed by atoms with van der Waals surface area (Å²) in [4.78, 5) is 4.80. The van der Waals surface area contributed by atoms with Crippen LogP contribution in [0.15, 0.2) is 52.3 Å². The van der Waals surface area contributed by atoms with E-state index in [1.54, 1.807) is 0 Å². The molecule has 2 nitrogen and oxygen atoms in total. The molecule has 4 heteroatoms. The van der Waals surface area contributed by atoms with Crippen LogP contribution < -0.4 is 0 Å². The maximum Gasteiger partial charge on any atom is 0.0728 e. The van der Waals surface area contributed by atoms with E-state index in [9.17, 15) is 0 Å². The maximum absolute atomic E-state index is 5.62.